The maximum Gasteiger partial charge on any atom is 0.207 e. The molecule has 28 heavy (non-hydrogen) atoms. The minimum atomic E-state index is -0.161. The SMILES string of the molecule is C=CC(=C)C1CC(c2csc(C(CCCN=CC=CN)CCNC=O)n2)=NO1. The van der Waals surface area contributed by atoms with Crippen LogP contribution in [0.4, 0.5) is 0 Å². The normalized spacial score (nSPS) is 17.4. The van der Waals surface area contributed by atoms with Gasteiger partial charge in [0.2, 0.25) is 6.41 Å². The van der Waals surface area contributed by atoms with Gasteiger partial charge in [0.05, 0.1) is 10.7 Å². The lowest BCUT2D eigenvalue weighted by Crippen LogP contribution is -2.16. The van der Waals surface area contributed by atoms with Crippen LogP contribution in [0.15, 0.2) is 52.6 Å². The van der Waals surface area contributed by atoms with Gasteiger partial charge in [-0.15, -0.1) is 11.3 Å². The van der Waals surface area contributed by atoms with Crippen molar-refractivity contribution in [3.63, 3.8) is 0 Å². The average molecular weight is 402 g/mol. The van der Waals surface area contributed by atoms with Crippen molar-refractivity contribution in [2.75, 3.05) is 13.1 Å². The Bertz CT molecular complexity index is 754. The van der Waals surface area contributed by atoms with Crippen LogP contribution in [0.2, 0.25) is 0 Å². The van der Waals surface area contributed by atoms with Crippen LogP contribution >= 0.6 is 11.3 Å². The van der Waals surface area contributed by atoms with Gasteiger partial charge in [-0.25, -0.2) is 4.98 Å². The number of aromatic nitrogens is 1. The zero-order valence-electron chi connectivity index (χ0n) is 15.9. The zero-order valence-corrected chi connectivity index (χ0v) is 16.7. The minimum absolute atomic E-state index is 0.161. The van der Waals surface area contributed by atoms with E-state index in [9.17, 15) is 4.79 Å². The molecule has 2 atom stereocenters. The Morgan fingerprint density at radius 3 is 3.14 bits per heavy atom. The molecule has 150 valence electrons. The number of hydrogen-bond acceptors (Lipinski definition) is 7. The third kappa shape index (κ3) is 6.45. The Balaban J connectivity index is 1.98. The van der Waals surface area contributed by atoms with Crippen molar-refractivity contribution in [3.8, 4) is 0 Å². The van der Waals surface area contributed by atoms with Crippen LogP contribution in [0, 0.1) is 0 Å². The molecule has 2 unspecified atom stereocenters. The number of aliphatic imine (C=N–C) groups is 1. The first-order chi connectivity index (χ1) is 13.7. The predicted molar refractivity (Wildman–Crippen MR) is 115 cm³/mol. The summed E-state index contributed by atoms with van der Waals surface area (Å²) in [6.07, 6.45) is 10.5. The molecule has 0 saturated heterocycles. The van der Waals surface area contributed by atoms with E-state index in [0.717, 1.165) is 54.2 Å². The van der Waals surface area contributed by atoms with Gasteiger partial charge in [-0.3, -0.25) is 9.79 Å². The van der Waals surface area contributed by atoms with Crippen LogP contribution < -0.4 is 11.1 Å². The highest BCUT2D eigenvalue weighted by Crippen LogP contribution is 2.30. The molecule has 1 aliphatic heterocycles. The average Bonchev–Trinajstić information content (AvgIpc) is 3.38. The van der Waals surface area contributed by atoms with E-state index in [0.29, 0.717) is 13.0 Å². The van der Waals surface area contributed by atoms with Crippen LogP contribution in [0.3, 0.4) is 0 Å². The lowest BCUT2D eigenvalue weighted by atomic mass is 10.00. The monoisotopic (exact) mass is 401 g/mol. The Hall–Kier alpha value is -2.74. The molecular weight excluding hydrogens is 374 g/mol. The van der Waals surface area contributed by atoms with E-state index in [1.54, 1.807) is 29.7 Å². The van der Waals surface area contributed by atoms with Crippen LogP contribution in [0.5, 0.6) is 0 Å². The number of nitrogens with two attached hydrogens (primary N) is 1. The standard InChI is InChI=1S/C20H27N5O2S/c1-3-15(2)19-12-17(25-27-19)18-13-28-20(24-18)16(7-11-23-14-26)6-4-9-22-10-5-8-21/h3,5,8,10,13-14,16,19H,1-2,4,6-7,9,11-12,21H2,(H,23,26). The molecule has 0 bridgehead atoms. The van der Waals surface area contributed by atoms with E-state index < -0.39 is 0 Å². The first-order valence-electron chi connectivity index (χ1n) is 9.23. The second-order valence-electron chi connectivity index (χ2n) is 6.33. The van der Waals surface area contributed by atoms with Gasteiger partial charge in [0.1, 0.15) is 5.71 Å². The molecule has 8 heteroatoms. The maximum atomic E-state index is 10.6. The summed E-state index contributed by atoms with van der Waals surface area (Å²) < 4.78 is 0. The number of allylic oxidation sites excluding steroid dienone is 1. The number of carbonyl (C=O) groups is 1. The summed E-state index contributed by atoms with van der Waals surface area (Å²) in [5.41, 5.74) is 7.77. The second kappa shape index (κ2) is 11.9. The van der Waals surface area contributed by atoms with E-state index in [4.69, 9.17) is 15.6 Å². The summed E-state index contributed by atoms with van der Waals surface area (Å²) >= 11 is 1.62. The van der Waals surface area contributed by atoms with Crippen molar-refractivity contribution in [3.05, 3.63) is 53.2 Å². The molecular formula is C20H27N5O2S. The molecule has 1 aromatic heterocycles. The van der Waals surface area contributed by atoms with Gasteiger partial charge in [-0.1, -0.05) is 24.4 Å². The summed E-state index contributed by atoms with van der Waals surface area (Å²) in [5.74, 6) is 0.258. The Labute approximate surface area is 169 Å². The van der Waals surface area contributed by atoms with E-state index in [1.165, 1.54) is 6.20 Å². The predicted octanol–water partition coefficient (Wildman–Crippen LogP) is 2.92. The van der Waals surface area contributed by atoms with Crippen molar-refractivity contribution >= 4 is 29.7 Å². The molecule has 7 nitrogen and oxygen atoms in total. The van der Waals surface area contributed by atoms with Crippen molar-refractivity contribution < 1.29 is 9.63 Å². The smallest absolute Gasteiger partial charge is 0.207 e. The molecule has 0 fully saturated rings. The fourth-order valence-corrected chi connectivity index (χ4v) is 3.79. The molecule has 2 heterocycles. The van der Waals surface area contributed by atoms with Crippen LogP contribution in [0.25, 0.3) is 0 Å². The first-order valence-corrected chi connectivity index (χ1v) is 10.1. The molecule has 1 amide bonds. The van der Waals surface area contributed by atoms with Crippen molar-refractivity contribution in [1.29, 1.82) is 0 Å². The molecule has 0 radical (unpaired) electrons. The number of oxime groups is 1. The van der Waals surface area contributed by atoms with E-state index in [2.05, 4.69) is 28.6 Å². The molecule has 0 spiro atoms. The fraction of sp³-hybridized carbons (Fsp3) is 0.400. The molecule has 1 aromatic rings. The highest BCUT2D eigenvalue weighted by molar-refractivity contribution is 7.09. The Morgan fingerprint density at radius 2 is 2.39 bits per heavy atom. The van der Waals surface area contributed by atoms with Gasteiger partial charge in [0, 0.05) is 37.0 Å². The van der Waals surface area contributed by atoms with Gasteiger partial charge in [0.15, 0.2) is 6.10 Å². The van der Waals surface area contributed by atoms with Gasteiger partial charge in [-0.2, -0.15) is 0 Å². The highest BCUT2D eigenvalue weighted by atomic mass is 32.1. The highest BCUT2D eigenvalue weighted by Gasteiger charge is 2.26. The summed E-state index contributed by atoms with van der Waals surface area (Å²) in [7, 11) is 0. The van der Waals surface area contributed by atoms with Crippen LogP contribution in [0.1, 0.15) is 42.3 Å². The number of rotatable bonds is 13. The zero-order chi connectivity index (χ0) is 20.2. The van der Waals surface area contributed by atoms with Gasteiger partial charge < -0.3 is 15.9 Å². The topological polar surface area (TPSA) is 102 Å². The molecule has 0 aromatic carbocycles. The summed E-state index contributed by atoms with van der Waals surface area (Å²) in [6, 6.07) is 0. The fourth-order valence-electron chi connectivity index (χ4n) is 2.79. The van der Waals surface area contributed by atoms with E-state index in [-0.39, 0.29) is 12.0 Å². The molecule has 3 N–H and O–H groups in total. The third-order valence-electron chi connectivity index (χ3n) is 4.37. The number of thiazole rings is 1. The number of carbonyl (C=O) groups excluding carboxylic acids is 1. The lowest BCUT2D eigenvalue weighted by molar-refractivity contribution is -0.109. The van der Waals surface area contributed by atoms with Gasteiger partial charge in [0.25, 0.3) is 0 Å². The van der Waals surface area contributed by atoms with Gasteiger partial charge in [-0.05, 0) is 37.1 Å². The van der Waals surface area contributed by atoms with Crippen LogP contribution in [-0.2, 0) is 9.63 Å². The van der Waals surface area contributed by atoms with Crippen LogP contribution in [-0.4, -0.2) is 42.5 Å². The largest absolute Gasteiger partial charge is 0.405 e. The number of amides is 1. The van der Waals surface area contributed by atoms with Gasteiger partial charge >= 0.3 is 0 Å². The lowest BCUT2D eigenvalue weighted by Gasteiger charge is -2.13. The third-order valence-corrected chi connectivity index (χ3v) is 5.38. The quantitative estimate of drug-likeness (QED) is 0.230. The van der Waals surface area contributed by atoms with E-state index >= 15 is 0 Å². The molecule has 2 rings (SSSR count). The Morgan fingerprint density at radius 1 is 1.54 bits per heavy atom. The number of nitrogens with zero attached hydrogens (tertiary/aromatic N) is 3. The summed E-state index contributed by atoms with van der Waals surface area (Å²) in [4.78, 5) is 25.1. The molecule has 1 aliphatic rings. The minimum Gasteiger partial charge on any atom is -0.405 e. The maximum absolute atomic E-state index is 10.6. The van der Waals surface area contributed by atoms with Crippen molar-refractivity contribution in [1.82, 2.24) is 10.3 Å². The molecule has 0 aliphatic carbocycles. The summed E-state index contributed by atoms with van der Waals surface area (Å²) in [6.45, 7) is 9.00. The number of hydrogen-bond donors (Lipinski definition) is 2. The van der Waals surface area contributed by atoms with Crippen molar-refractivity contribution in [2.45, 2.75) is 37.7 Å². The van der Waals surface area contributed by atoms with Crippen molar-refractivity contribution in [2.24, 2.45) is 15.9 Å². The van der Waals surface area contributed by atoms with E-state index in [1.807, 2.05) is 5.38 Å². The Kier molecular flexibility index (Phi) is 9.14. The summed E-state index contributed by atoms with van der Waals surface area (Å²) in [5, 5.41) is 9.96. The first kappa shape index (κ1) is 21.6. The second-order valence-corrected chi connectivity index (χ2v) is 7.22. The number of nitrogens with one attached hydrogen (secondary N) is 1. The molecule has 0 saturated carbocycles.